The minimum Gasteiger partial charge on any atom is -0.465 e. The summed E-state index contributed by atoms with van der Waals surface area (Å²) in [6.45, 7) is 2.24. The number of fused-ring (bicyclic) bond motifs is 2. The van der Waals surface area contributed by atoms with Crippen LogP contribution >= 0.6 is 0 Å². The van der Waals surface area contributed by atoms with Gasteiger partial charge in [0, 0.05) is 12.0 Å². The summed E-state index contributed by atoms with van der Waals surface area (Å²) in [5.41, 5.74) is 0.00900. The molecular formula is C15H18O4. The van der Waals surface area contributed by atoms with Crippen LogP contribution < -0.4 is 0 Å². The Morgan fingerprint density at radius 1 is 1.21 bits per heavy atom. The number of carbonyl (C=O) groups is 2. The van der Waals surface area contributed by atoms with Crippen molar-refractivity contribution in [3.05, 3.63) is 11.6 Å². The van der Waals surface area contributed by atoms with Gasteiger partial charge in [0.1, 0.15) is 6.10 Å². The molecule has 19 heavy (non-hydrogen) atoms. The Kier molecular flexibility index (Phi) is 2.19. The third kappa shape index (κ3) is 1.40. The summed E-state index contributed by atoms with van der Waals surface area (Å²) < 4.78 is 10.9. The highest BCUT2D eigenvalue weighted by Crippen LogP contribution is 2.59. The van der Waals surface area contributed by atoms with E-state index in [-0.39, 0.29) is 18.0 Å². The van der Waals surface area contributed by atoms with Gasteiger partial charge in [-0.05, 0) is 43.9 Å². The quantitative estimate of drug-likeness (QED) is 0.625. The van der Waals surface area contributed by atoms with E-state index in [4.69, 9.17) is 9.47 Å². The van der Waals surface area contributed by atoms with Crippen LogP contribution in [0.2, 0.25) is 0 Å². The molecule has 0 N–H and O–H groups in total. The maximum atomic E-state index is 12.3. The Labute approximate surface area is 112 Å². The third-order valence-electron chi connectivity index (χ3n) is 5.64. The molecule has 5 aliphatic rings. The first kappa shape index (κ1) is 11.5. The molecule has 102 valence electrons. The summed E-state index contributed by atoms with van der Waals surface area (Å²) in [5, 5.41) is 0. The van der Waals surface area contributed by atoms with Gasteiger partial charge in [0.2, 0.25) is 0 Å². The van der Waals surface area contributed by atoms with E-state index in [1.807, 2.05) is 6.08 Å². The Hall–Kier alpha value is -1.32. The van der Waals surface area contributed by atoms with Crippen molar-refractivity contribution < 1.29 is 19.1 Å². The van der Waals surface area contributed by atoms with Crippen molar-refractivity contribution in [1.82, 2.24) is 0 Å². The second-order valence-electron chi connectivity index (χ2n) is 6.53. The molecule has 0 aromatic carbocycles. The lowest BCUT2D eigenvalue weighted by Crippen LogP contribution is -2.38. The molecule has 4 bridgehead atoms. The van der Waals surface area contributed by atoms with Crippen LogP contribution in [0.3, 0.4) is 0 Å². The summed E-state index contributed by atoms with van der Waals surface area (Å²) in [6, 6.07) is 0. The predicted molar refractivity (Wildman–Crippen MR) is 66.0 cm³/mol. The lowest BCUT2D eigenvalue weighted by atomic mass is 9.66. The first-order chi connectivity index (χ1) is 9.10. The lowest BCUT2D eigenvalue weighted by molar-refractivity contribution is -0.149. The fourth-order valence-corrected chi connectivity index (χ4v) is 4.80. The van der Waals surface area contributed by atoms with Crippen LogP contribution in [0, 0.1) is 23.2 Å². The summed E-state index contributed by atoms with van der Waals surface area (Å²) in [7, 11) is 0. The molecular weight excluding hydrogens is 244 g/mol. The summed E-state index contributed by atoms with van der Waals surface area (Å²) in [5.74, 6) is 0.917. The van der Waals surface area contributed by atoms with Gasteiger partial charge >= 0.3 is 11.9 Å². The van der Waals surface area contributed by atoms with Gasteiger partial charge in [-0.2, -0.15) is 0 Å². The van der Waals surface area contributed by atoms with Gasteiger partial charge in [-0.3, -0.25) is 4.79 Å². The van der Waals surface area contributed by atoms with Crippen LogP contribution in [-0.4, -0.2) is 24.6 Å². The van der Waals surface area contributed by atoms with E-state index in [2.05, 4.69) is 0 Å². The molecule has 1 saturated heterocycles. The van der Waals surface area contributed by atoms with Crippen molar-refractivity contribution in [3.63, 3.8) is 0 Å². The molecule has 2 aliphatic carbocycles. The van der Waals surface area contributed by atoms with Gasteiger partial charge in [0.15, 0.2) is 0 Å². The number of hydrogen-bond donors (Lipinski definition) is 0. The molecule has 5 rings (SSSR count). The molecule has 3 aliphatic heterocycles. The molecule has 0 radical (unpaired) electrons. The first-order valence-electron chi connectivity index (χ1n) is 7.18. The predicted octanol–water partition coefficient (Wildman–Crippen LogP) is 1.84. The Bertz CT molecular complexity index is 494. The topological polar surface area (TPSA) is 52.6 Å². The Morgan fingerprint density at radius 3 is 2.68 bits per heavy atom. The van der Waals surface area contributed by atoms with Crippen LogP contribution in [-0.2, 0) is 19.1 Å². The van der Waals surface area contributed by atoms with E-state index in [0.717, 1.165) is 25.7 Å². The number of carbonyl (C=O) groups excluding carboxylic acids is 2. The first-order valence-corrected chi connectivity index (χ1v) is 7.18. The van der Waals surface area contributed by atoms with Crippen molar-refractivity contribution in [2.75, 3.05) is 6.61 Å². The zero-order valence-corrected chi connectivity index (χ0v) is 11.1. The molecule has 4 nitrogen and oxygen atoms in total. The standard InChI is InChI=1S/C15H18O4/c1-8-7-15(2-3-18-14(15)17)11-5-10-4-9(11)6-12(10)19-13(8)16/h7,9-12H,2-6H2,1H3/b8-7-. The van der Waals surface area contributed by atoms with Crippen LogP contribution in [0.25, 0.3) is 0 Å². The number of rotatable bonds is 0. The van der Waals surface area contributed by atoms with Crippen molar-refractivity contribution in [1.29, 1.82) is 0 Å². The van der Waals surface area contributed by atoms with Gasteiger partial charge in [-0.15, -0.1) is 0 Å². The van der Waals surface area contributed by atoms with Crippen LogP contribution in [0.15, 0.2) is 11.6 Å². The minimum atomic E-state index is -0.558. The molecule has 5 unspecified atom stereocenters. The van der Waals surface area contributed by atoms with Gasteiger partial charge in [0.05, 0.1) is 12.0 Å². The smallest absolute Gasteiger partial charge is 0.333 e. The maximum absolute atomic E-state index is 12.3. The van der Waals surface area contributed by atoms with Crippen molar-refractivity contribution >= 4 is 11.9 Å². The normalized spacial score (nSPS) is 50.5. The van der Waals surface area contributed by atoms with Gasteiger partial charge in [-0.1, -0.05) is 6.08 Å². The zero-order valence-electron chi connectivity index (χ0n) is 11.1. The Balaban J connectivity index is 1.85. The van der Waals surface area contributed by atoms with Crippen molar-refractivity contribution in [2.45, 2.75) is 38.7 Å². The van der Waals surface area contributed by atoms with E-state index in [0.29, 0.717) is 29.9 Å². The molecule has 2 saturated carbocycles. The highest BCUT2D eigenvalue weighted by molar-refractivity contribution is 5.91. The number of cyclic esters (lactones) is 1. The summed E-state index contributed by atoms with van der Waals surface area (Å²) in [6.07, 6.45) is 5.68. The summed E-state index contributed by atoms with van der Waals surface area (Å²) >= 11 is 0. The van der Waals surface area contributed by atoms with E-state index in [1.54, 1.807) is 6.92 Å². The van der Waals surface area contributed by atoms with Crippen LogP contribution in [0.4, 0.5) is 0 Å². The fourth-order valence-electron chi connectivity index (χ4n) is 4.80. The van der Waals surface area contributed by atoms with E-state index >= 15 is 0 Å². The zero-order chi connectivity index (χ0) is 13.2. The van der Waals surface area contributed by atoms with Crippen LogP contribution in [0.5, 0.6) is 0 Å². The molecule has 5 atom stereocenters. The van der Waals surface area contributed by atoms with Gasteiger partial charge in [0.25, 0.3) is 0 Å². The molecule has 0 aromatic rings. The maximum Gasteiger partial charge on any atom is 0.333 e. The van der Waals surface area contributed by atoms with Crippen LogP contribution in [0.1, 0.15) is 32.6 Å². The fraction of sp³-hybridized carbons (Fsp3) is 0.733. The number of esters is 2. The molecule has 0 aromatic heterocycles. The van der Waals surface area contributed by atoms with E-state index in [9.17, 15) is 9.59 Å². The number of hydrogen-bond acceptors (Lipinski definition) is 4. The largest absolute Gasteiger partial charge is 0.465 e. The molecule has 0 amide bonds. The third-order valence-corrected chi connectivity index (χ3v) is 5.64. The summed E-state index contributed by atoms with van der Waals surface area (Å²) in [4.78, 5) is 24.4. The van der Waals surface area contributed by atoms with E-state index < -0.39 is 5.41 Å². The van der Waals surface area contributed by atoms with Crippen molar-refractivity contribution in [3.8, 4) is 0 Å². The van der Waals surface area contributed by atoms with E-state index in [1.165, 1.54) is 0 Å². The molecule has 3 heterocycles. The average Bonchev–Trinajstić information content (AvgIpc) is 3.04. The monoisotopic (exact) mass is 262 g/mol. The second kappa shape index (κ2) is 3.62. The molecule has 1 spiro atoms. The highest BCUT2D eigenvalue weighted by Gasteiger charge is 2.60. The highest BCUT2D eigenvalue weighted by atomic mass is 16.5. The average molecular weight is 262 g/mol. The number of ether oxygens (including phenoxy) is 2. The Morgan fingerprint density at radius 2 is 2.05 bits per heavy atom. The molecule has 4 heteroatoms. The SMILES string of the molecule is C/C1=C/C2(CCOC2=O)C2CC3CC2CC3OC1=O. The van der Waals surface area contributed by atoms with Gasteiger partial charge in [-0.25, -0.2) is 4.79 Å². The minimum absolute atomic E-state index is 0.0738. The second-order valence-corrected chi connectivity index (χ2v) is 6.53. The van der Waals surface area contributed by atoms with Crippen molar-refractivity contribution in [2.24, 2.45) is 23.2 Å². The lowest BCUT2D eigenvalue weighted by Gasteiger charge is -2.35. The van der Waals surface area contributed by atoms with Gasteiger partial charge < -0.3 is 9.47 Å². The molecule has 3 fully saturated rings.